The Labute approximate surface area is 113 Å². The van der Waals surface area contributed by atoms with E-state index in [1.54, 1.807) is 0 Å². The monoisotopic (exact) mass is 272 g/mol. The first-order valence-corrected chi connectivity index (χ1v) is 7.02. The fourth-order valence-electron chi connectivity index (χ4n) is 2.05. The Balaban J connectivity index is 2.25. The number of nitrogens with one attached hydrogen (secondary N) is 2. The summed E-state index contributed by atoms with van der Waals surface area (Å²) in [7, 11) is 0. The molecule has 0 aromatic heterocycles. The SMILES string of the molecule is CCCC[C@H](NC(=O)NCC1CCCCO1)C(=O)O. The van der Waals surface area contributed by atoms with Gasteiger partial charge in [-0.3, -0.25) is 0 Å². The number of carbonyl (C=O) groups is 2. The molecular formula is C13H24N2O4. The maximum absolute atomic E-state index is 11.6. The van der Waals surface area contributed by atoms with Crippen LogP contribution in [0.15, 0.2) is 0 Å². The lowest BCUT2D eigenvalue weighted by atomic mass is 10.1. The quantitative estimate of drug-likeness (QED) is 0.655. The summed E-state index contributed by atoms with van der Waals surface area (Å²) in [4.78, 5) is 22.6. The average molecular weight is 272 g/mol. The molecule has 2 atom stereocenters. The van der Waals surface area contributed by atoms with Gasteiger partial charge in [0.25, 0.3) is 0 Å². The third-order valence-corrected chi connectivity index (χ3v) is 3.21. The van der Waals surface area contributed by atoms with Gasteiger partial charge in [-0.1, -0.05) is 19.8 Å². The fourth-order valence-corrected chi connectivity index (χ4v) is 2.05. The van der Waals surface area contributed by atoms with Crippen molar-refractivity contribution in [1.29, 1.82) is 0 Å². The van der Waals surface area contributed by atoms with Gasteiger partial charge in [0.05, 0.1) is 6.10 Å². The third-order valence-electron chi connectivity index (χ3n) is 3.21. The van der Waals surface area contributed by atoms with Crippen molar-refractivity contribution in [1.82, 2.24) is 10.6 Å². The Morgan fingerprint density at radius 3 is 2.79 bits per heavy atom. The van der Waals surface area contributed by atoms with Crippen LogP contribution in [0.5, 0.6) is 0 Å². The molecule has 0 radical (unpaired) electrons. The minimum Gasteiger partial charge on any atom is -0.480 e. The first-order chi connectivity index (χ1) is 9.13. The van der Waals surface area contributed by atoms with E-state index in [0.717, 1.165) is 38.7 Å². The highest BCUT2D eigenvalue weighted by Gasteiger charge is 2.20. The highest BCUT2D eigenvalue weighted by atomic mass is 16.5. The zero-order chi connectivity index (χ0) is 14.1. The van der Waals surface area contributed by atoms with E-state index in [4.69, 9.17) is 9.84 Å². The molecule has 6 heteroatoms. The number of unbranched alkanes of at least 4 members (excludes halogenated alkanes) is 1. The van der Waals surface area contributed by atoms with Crippen LogP contribution in [0.3, 0.4) is 0 Å². The van der Waals surface area contributed by atoms with Gasteiger partial charge in [0.15, 0.2) is 0 Å². The van der Waals surface area contributed by atoms with E-state index in [2.05, 4.69) is 10.6 Å². The van der Waals surface area contributed by atoms with Crippen molar-refractivity contribution in [3.63, 3.8) is 0 Å². The number of hydrogen-bond donors (Lipinski definition) is 3. The van der Waals surface area contributed by atoms with Crippen LogP contribution in [0.2, 0.25) is 0 Å². The number of amides is 2. The van der Waals surface area contributed by atoms with Crippen LogP contribution in [0.4, 0.5) is 4.79 Å². The summed E-state index contributed by atoms with van der Waals surface area (Å²) in [6.07, 6.45) is 5.32. The van der Waals surface area contributed by atoms with Crippen molar-refractivity contribution in [3.8, 4) is 0 Å². The zero-order valence-electron chi connectivity index (χ0n) is 11.5. The minimum atomic E-state index is -0.988. The summed E-state index contributed by atoms with van der Waals surface area (Å²) in [5.41, 5.74) is 0. The maximum atomic E-state index is 11.6. The Morgan fingerprint density at radius 2 is 2.21 bits per heavy atom. The van der Waals surface area contributed by atoms with Gasteiger partial charge in [-0.25, -0.2) is 9.59 Å². The molecule has 110 valence electrons. The van der Waals surface area contributed by atoms with E-state index in [1.807, 2.05) is 6.92 Å². The molecule has 1 aliphatic heterocycles. The number of rotatable bonds is 7. The summed E-state index contributed by atoms with van der Waals surface area (Å²) < 4.78 is 5.49. The largest absolute Gasteiger partial charge is 0.480 e. The second-order valence-electron chi connectivity index (χ2n) is 4.88. The van der Waals surface area contributed by atoms with Gasteiger partial charge in [0.2, 0.25) is 0 Å². The number of urea groups is 1. The molecule has 3 N–H and O–H groups in total. The predicted molar refractivity (Wildman–Crippen MR) is 71.1 cm³/mol. The first kappa shape index (κ1) is 15.8. The maximum Gasteiger partial charge on any atom is 0.326 e. The van der Waals surface area contributed by atoms with Crippen molar-refractivity contribution in [2.75, 3.05) is 13.2 Å². The van der Waals surface area contributed by atoms with Crippen LogP contribution in [0.25, 0.3) is 0 Å². The third kappa shape index (κ3) is 6.42. The Kier molecular flexibility index (Phi) is 7.25. The van der Waals surface area contributed by atoms with E-state index in [1.165, 1.54) is 0 Å². The predicted octanol–water partition coefficient (Wildman–Crippen LogP) is 1.50. The summed E-state index contributed by atoms with van der Waals surface area (Å²) in [5, 5.41) is 14.2. The molecular weight excluding hydrogens is 248 g/mol. The number of aliphatic carboxylic acids is 1. The van der Waals surface area contributed by atoms with E-state index in [0.29, 0.717) is 13.0 Å². The standard InChI is InChI=1S/C13H24N2O4/c1-2-3-7-11(12(16)17)15-13(18)14-9-10-6-4-5-8-19-10/h10-11H,2-9H2,1H3,(H,16,17)(H2,14,15,18)/t10?,11-/m0/s1. The highest BCUT2D eigenvalue weighted by Crippen LogP contribution is 2.11. The Hall–Kier alpha value is -1.30. The second-order valence-corrected chi connectivity index (χ2v) is 4.88. The summed E-state index contributed by atoms with van der Waals surface area (Å²) in [5.74, 6) is -0.988. The van der Waals surface area contributed by atoms with Gasteiger partial charge >= 0.3 is 12.0 Å². The van der Waals surface area contributed by atoms with Gasteiger partial charge in [0, 0.05) is 13.2 Å². The molecule has 2 amide bonds. The second kappa shape index (κ2) is 8.74. The summed E-state index contributed by atoms with van der Waals surface area (Å²) >= 11 is 0. The number of carboxylic acids is 1. The summed E-state index contributed by atoms with van der Waals surface area (Å²) in [6, 6.07) is -1.25. The van der Waals surface area contributed by atoms with Gasteiger partial charge in [0.1, 0.15) is 6.04 Å². The fraction of sp³-hybridized carbons (Fsp3) is 0.846. The minimum absolute atomic E-state index is 0.0541. The molecule has 0 aromatic carbocycles. The molecule has 0 aliphatic carbocycles. The van der Waals surface area contributed by atoms with Gasteiger partial charge in [-0.2, -0.15) is 0 Å². The lowest BCUT2D eigenvalue weighted by Crippen LogP contribution is -2.48. The topological polar surface area (TPSA) is 87.7 Å². The molecule has 1 aliphatic rings. The first-order valence-electron chi connectivity index (χ1n) is 7.02. The van der Waals surface area contributed by atoms with Crippen LogP contribution < -0.4 is 10.6 Å². The molecule has 0 spiro atoms. The molecule has 19 heavy (non-hydrogen) atoms. The molecule has 1 saturated heterocycles. The van der Waals surface area contributed by atoms with Gasteiger partial charge in [-0.05, 0) is 25.7 Å². The number of ether oxygens (including phenoxy) is 1. The lowest BCUT2D eigenvalue weighted by Gasteiger charge is -2.23. The molecule has 1 unspecified atom stereocenters. The van der Waals surface area contributed by atoms with Crippen LogP contribution in [0.1, 0.15) is 45.4 Å². The number of carboxylic acid groups (broad SMARTS) is 1. The van der Waals surface area contributed by atoms with Crippen molar-refractivity contribution in [3.05, 3.63) is 0 Å². The molecule has 1 rings (SSSR count). The molecule has 1 heterocycles. The van der Waals surface area contributed by atoms with Crippen LogP contribution >= 0.6 is 0 Å². The smallest absolute Gasteiger partial charge is 0.326 e. The molecule has 1 fully saturated rings. The molecule has 0 aromatic rings. The number of carbonyl (C=O) groups excluding carboxylic acids is 1. The normalized spacial score (nSPS) is 20.6. The van der Waals surface area contributed by atoms with E-state index < -0.39 is 18.0 Å². The summed E-state index contributed by atoms with van der Waals surface area (Å²) in [6.45, 7) is 3.16. The van der Waals surface area contributed by atoms with Crippen LogP contribution in [0, 0.1) is 0 Å². The van der Waals surface area contributed by atoms with Crippen LogP contribution in [-0.4, -0.2) is 42.4 Å². The number of hydrogen-bond acceptors (Lipinski definition) is 3. The van der Waals surface area contributed by atoms with E-state index >= 15 is 0 Å². The van der Waals surface area contributed by atoms with Crippen molar-refractivity contribution in [2.45, 2.75) is 57.6 Å². The van der Waals surface area contributed by atoms with Gasteiger partial charge in [-0.15, -0.1) is 0 Å². The van der Waals surface area contributed by atoms with E-state index in [9.17, 15) is 9.59 Å². The lowest BCUT2D eigenvalue weighted by molar-refractivity contribution is -0.139. The highest BCUT2D eigenvalue weighted by molar-refractivity contribution is 5.82. The van der Waals surface area contributed by atoms with Gasteiger partial charge < -0.3 is 20.5 Å². The van der Waals surface area contributed by atoms with Crippen molar-refractivity contribution in [2.24, 2.45) is 0 Å². The zero-order valence-corrected chi connectivity index (χ0v) is 11.5. The van der Waals surface area contributed by atoms with Crippen molar-refractivity contribution < 1.29 is 19.4 Å². The Morgan fingerprint density at radius 1 is 1.42 bits per heavy atom. The molecule has 6 nitrogen and oxygen atoms in total. The molecule has 0 bridgehead atoms. The van der Waals surface area contributed by atoms with Crippen molar-refractivity contribution >= 4 is 12.0 Å². The average Bonchev–Trinajstić information content (AvgIpc) is 2.42. The van der Waals surface area contributed by atoms with E-state index in [-0.39, 0.29) is 6.10 Å². The molecule has 0 saturated carbocycles. The Bertz CT molecular complexity index is 290. The van der Waals surface area contributed by atoms with Crippen LogP contribution in [-0.2, 0) is 9.53 Å².